The van der Waals surface area contributed by atoms with Gasteiger partial charge in [-0.15, -0.1) is 11.3 Å². The Morgan fingerprint density at radius 2 is 2.00 bits per heavy atom. The number of hydrogen-bond acceptors (Lipinski definition) is 5. The Morgan fingerprint density at radius 1 is 1.24 bits per heavy atom. The number of aromatic nitrogens is 2. The summed E-state index contributed by atoms with van der Waals surface area (Å²) in [4.78, 5) is 14.2. The first-order valence-corrected chi connectivity index (χ1v) is 11.5. The number of halogens is 3. The van der Waals surface area contributed by atoms with Gasteiger partial charge >= 0.3 is 6.18 Å². The zero-order chi connectivity index (χ0) is 23.2. The van der Waals surface area contributed by atoms with Gasteiger partial charge in [0.05, 0.1) is 17.8 Å². The predicted octanol–water partition coefficient (Wildman–Crippen LogP) is 5.61. The second kappa shape index (κ2) is 8.23. The van der Waals surface area contributed by atoms with Gasteiger partial charge in [-0.25, -0.2) is 4.68 Å². The molecule has 10 heteroatoms. The van der Waals surface area contributed by atoms with Gasteiger partial charge in [-0.2, -0.15) is 23.5 Å². The summed E-state index contributed by atoms with van der Waals surface area (Å²) in [6.07, 6.45) is 0.0779. The van der Waals surface area contributed by atoms with Crippen LogP contribution in [-0.2, 0) is 12.8 Å². The predicted molar refractivity (Wildman–Crippen MR) is 118 cm³/mol. The molecule has 0 saturated carbocycles. The quantitative estimate of drug-likeness (QED) is 0.520. The SMILES string of the molecule is N#Cc1c(NC(=O)c2cnn3c2N[C@H](c2ccccc2)C[C@@H]3C(F)(F)F)sc2c1CCCC2. The Hall–Kier alpha value is -3.32. The molecule has 1 aliphatic heterocycles. The highest BCUT2D eigenvalue weighted by atomic mass is 32.1. The van der Waals surface area contributed by atoms with Crippen LogP contribution in [0.25, 0.3) is 0 Å². The molecule has 5 rings (SSSR count). The highest BCUT2D eigenvalue weighted by molar-refractivity contribution is 7.16. The number of rotatable bonds is 3. The van der Waals surface area contributed by atoms with Crippen molar-refractivity contribution in [2.45, 2.75) is 50.4 Å². The molecule has 0 fully saturated rings. The number of amides is 1. The molecule has 0 radical (unpaired) electrons. The van der Waals surface area contributed by atoms with Gasteiger partial charge in [0.25, 0.3) is 5.91 Å². The molecule has 0 unspecified atom stereocenters. The molecule has 0 spiro atoms. The molecule has 3 aromatic rings. The number of hydrogen-bond donors (Lipinski definition) is 2. The van der Waals surface area contributed by atoms with Crippen molar-refractivity contribution in [3.8, 4) is 6.07 Å². The molecule has 0 bridgehead atoms. The molecule has 1 amide bonds. The Labute approximate surface area is 192 Å². The summed E-state index contributed by atoms with van der Waals surface area (Å²) in [5.41, 5.74) is 2.14. The van der Waals surface area contributed by atoms with Gasteiger partial charge in [0.1, 0.15) is 22.5 Å². The lowest BCUT2D eigenvalue weighted by Crippen LogP contribution is -2.36. The summed E-state index contributed by atoms with van der Waals surface area (Å²) in [5, 5.41) is 19.8. The molecule has 33 heavy (non-hydrogen) atoms. The fraction of sp³-hybridized carbons (Fsp3) is 0.348. The molecule has 0 saturated heterocycles. The molecule has 6 nitrogen and oxygen atoms in total. The Bertz CT molecular complexity index is 1240. The van der Waals surface area contributed by atoms with Gasteiger partial charge < -0.3 is 10.6 Å². The van der Waals surface area contributed by atoms with Crippen molar-refractivity contribution < 1.29 is 18.0 Å². The largest absolute Gasteiger partial charge is 0.410 e. The van der Waals surface area contributed by atoms with Crippen LogP contribution in [0.3, 0.4) is 0 Å². The number of alkyl halides is 3. The van der Waals surface area contributed by atoms with Crippen molar-refractivity contribution in [3.05, 3.63) is 63.7 Å². The first-order valence-electron chi connectivity index (χ1n) is 10.7. The van der Waals surface area contributed by atoms with Crippen LogP contribution in [0.1, 0.15) is 63.3 Å². The summed E-state index contributed by atoms with van der Waals surface area (Å²) in [7, 11) is 0. The van der Waals surface area contributed by atoms with E-state index in [2.05, 4.69) is 21.8 Å². The maximum Gasteiger partial charge on any atom is 0.410 e. The van der Waals surface area contributed by atoms with E-state index in [0.717, 1.165) is 47.0 Å². The van der Waals surface area contributed by atoms with E-state index >= 15 is 0 Å². The van der Waals surface area contributed by atoms with Crippen molar-refractivity contribution >= 4 is 28.1 Å². The van der Waals surface area contributed by atoms with Crippen LogP contribution in [0.5, 0.6) is 0 Å². The van der Waals surface area contributed by atoms with Gasteiger partial charge in [-0.3, -0.25) is 4.79 Å². The molecule has 3 heterocycles. The van der Waals surface area contributed by atoms with Gasteiger partial charge in [0.2, 0.25) is 0 Å². The molecule has 2 aromatic heterocycles. The molecule has 2 N–H and O–H groups in total. The van der Waals surface area contributed by atoms with Crippen molar-refractivity contribution in [3.63, 3.8) is 0 Å². The average Bonchev–Trinajstić information content (AvgIpc) is 3.39. The van der Waals surface area contributed by atoms with Gasteiger partial charge in [-0.05, 0) is 36.8 Å². The lowest BCUT2D eigenvalue weighted by atomic mass is 9.96. The van der Waals surface area contributed by atoms with Crippen LogP contribution >= 0.6 is 11.3 Å². The fourth-order valence-corrected chi connectivity index (χ4v) is 5.81. The smallest absolute Gasteiger partial charge is 0.363 e. The summed E-state index contributed by atoms with van der Waals surface area (Å²) in [5.74, 6) is -0.566. The maximum absolute atomic E-state index is 13.9. The number of carbonyl (C=O) groups excluding carboxylic acids is 1. The lowest BCUT2D eigenvalue weighted by Gasteiger charge is -2.34. The van der Waals surface area contributed by atoms with Gasteiger partial charge in [0, 0.05) is 11.3 Å². The minimum Gasteiger partial charge on any atom is -0.363 e. The number of thiophene rings is 1. The second-order valence-corrected chi connectivity index (χ2v) is 9.34. The Balaban J connectivity index is 1.49. The molecule has 2 atom stereocenters. The number of fused-ring (bicyclic) bond motifs is 2. The molecular weight excluding hydrogens is 451 g/mol. The Kier molecular flexibility index (Phi) is 5.37. The van der Waals surface area contributed by atoms with E-state index in [9.17, 15) is 23.2 Å². The number of benzene rings is 1. The third-order valence-electron chi connectivity index (χ3n) is 6.20. The van der Waals surface area contributed by atoms with E-state index in [1.54, 1.807) is 30.3 Å². The highest BCUT2D eigenvalue weighted by Gasteiger charge is 2.47. The van der Waals surface area contributed by atoms with Crippen LogP contribution in [-0.4, -0.2) is 21.9 Å². The standard InChI is InChI=1S/C23H20F3N5OS/c24-23(25,26)19-10-17(13-6-2-1-3-7-13)29-20-16(12-28-31(19)20)21(32)30-22-15(11-27)14-8-4-5-9-18(14)33-22/h1-3,6-7,12,17,19,29H,4-5,8-10H2,(H,30,32)/t17-,19+/m0/s1. The highest BCUT2D eigenvalue weighted by Crippen LogP contribution is 2.44. The van der Waals surface area contributed by atoms with Gasteiger partial charge in [0.15, 0.2) is 6.04 Å². The molecule has 170 valence electrons. The third kappa shape index (κ3) is 3.86. The van der Waals surface area contributed by atoms with Crippen LogP contribution < -0.4 is 10.6 Å². The monoisotopic (exact) mass is 471 g/mol. The van der Waals surface area contributed by atoms with Crippen LogP contribution in [0.2, 0.25) is 0 Å². The van der Waals surface area contributed by atoms with Crippen LogP contribution in [0.15, 0.2) is 36.5 Å². The topological polar surface area (TPSA) is 82.7 Å². The first-order chi connectivity index (χ1) is 15.9. The van der Waals surface area contributed by atoms with Crippen molar-refractivity contribution in [2.75, 3.05) is 10.6 Å². The molecule has 2 aliphatic rings. The number of aryl methyl sites for hydroxylation is 1. The minimum atomic E-state index is -4.52. The lowest BCUT2D eigenvalue weighted by molar-refractivity contribution is -0.173. The van der Waals surface area contributed by atoms with E-state index in [1.165, 1.54) is 11.3 Å². The zero-order valence-electron chi connectivity index (χ0n) is 17.4. The summed E-state index contributed by atoms with van der Waals surface area (Å²) in [6.45, 7) is 0. The summed E-state index contributed by atoms with van der Waals surface area (Å²) < 4.78 is 42.5. The minimum absolute atomic E-state index is 0.0140. The molecule has 1 aliphatic carbocycles. The van der Waals surface area contributed by atoms with E-state index in [4.69, 9.17) is 0 Å². The molecular formula is C23H20F3N5OS. The normalized spacial score (nSPS) is 19.7. The summed E-state index contributed by atoms with van der Waals surface area (Å²) >= 11 is 1.37. The number of nitriles is 1. The van der Waals surface area contributed by atoms with Crippen molar-refractivity contribution in [1.82, 2.24) is 9.78 Å². The van der Waals surface area contributed by atoms with Gasteiger partial charge in [-0.1, -0.05) is 30.3 Å². The maximum atomic E-state index is 13.9. The van der Waals surface area contributed by atoms with Crippen molar-refractivity contribution in [1.29, 1.82) is 5.26 Å². The Morgan fingerprint density at radius 3 is 2.73 bits per heavy atom. The van der Waals surface area contributed by atoms with E-state index in [0.29, 0.717) is 16.1 Å². The number of anilines is 2. The van der Waals surface area contributed by atoms with E-state index in [1.807, 2.05) is 0 Å². The van der Waals surface area contributed by atoms with Crippen molar-refractivity contribution in [2.24, 2.45) is 0 Å². The third-order valence-corrected chi connectivity index (χ3v) is 7.40. The second-order valence-electron chi connectivity index (χ2n) is 8.23. The first kappa shape index (κ1) is 21.5. The average molecular weight is 472 g/mol. The number of carbonyl (C=O) groups is 1. The van der Waals surface area contributed by atoms with Crippen LogP contribution in [0.4, 0.5) is 24.0 Å². The number of nitrogens with zero attached hydrogens (tertiary/aromatic N) is 3. The number of nitrogens with one attached hydrogen (secondary N) is 2. The zero-order valence-corrected chi connectivity index (χ0v) is 18.3. The summed E-state index contributed by atoms with van der Waals surface area (Å²) in [6, 6.07) is 8.54. The van der Waals surface area contributed by atoms with E-state index < -0.39 is 24.2 Å². The van der Waals surface area contributed by atoms with E-state index in [-0.39, 0.29) is 17.8 Å². The fourth-order valence-electron chi connectivity index (χ4n) is 4.58. The molecule has 1 aromatic carbocycles. The van der Waals surface area contributed by atoms with Crippen LogP contribution in [0, 0.1) is 11.3 Å².